The highest BCUT2D eigenvalue weighted by Crippen LogP contribution is 2.43. The van der Waals surface area contributed by atoms with E-state index in [1.54, 1.807) is 25.3 Å². The maximum absolute atomic E-state index is 12.6. The smallest absolute Gasteiger partial charge is 0.261 e. The van der Waals surface area contributed by atoms with Crippen molar-refractivity contribution in [3.63, 3.8) is 0 Å². The van der Waals surface area contributed by atoms with Gasteiger partial charge in [-0.2, -0.15) is 0 Å². The number of aromatic amines is 1. The fraction of sp³-hybridized carbons (Fsp3) is 0.211. The van der Waals surface area contributed by atoms with Gasteiger partial charge in [-0.15, -0.1) is 0 Å². The Kier molecular flexibility index (Phi) is 4.09. The number of fused-ring (bicyclic) bond motifs is 1. The normalized spacial score (nSPS) is 15.7. The van der Waals surface area contributed by atoms with Gasteiger partial charge in [0.25, 0.3) is 5.56 Å². The van der Waals surface area contributed by atoms with Crippen molar-refractivity contribution < 1.29 is 14.9 Å². The average molecular weight is 383 g/mol. The fourth-order valence-electron chi connectivity index (χ4n) is 3.25. The molecule has 4 rings (SSSR count). The molecule has 0 spiro atoms. The summed E-state index contributed by atoms with van der Waals surface area (Å²) >= 11 is 5.25. The second-order valence-corrected chi connectivity index (χ2v) is 6.88. The molecule has 3 heterocycles. The molecule has 8 heteroatoms. The first-order valence-corrected chi connectivity index (χ1v) is 8.73. The molecule has 0 radical (unpaired) electrons. The van der Waals surface area contributed by atoms with Crippen LogP contribution in [0.1, 0.15) is 34.1 Å². The first-order chi connectivity index (χ1) is 12.9. The number of hydrogen-bond acceptors (Lipinski definition) is 6. The van der Waals surface area contributed by atoms with Crippen molar-refractivity contribution in [3.05, 3.63) is 73.5 Å². The molecule has 3 N–H and O–H groups in total. The number of ether oxygens (including phenoxy) is 1. The lowest BCUT2D eigenvalue weighted by Crippen LogP contribution is -2.21. The topological polar surface area (TPSA) is 100 Å². The zero-order chi connectivity index (χ0) is 19.3. The molecule has 1 atom stereocenters. The molecule has 138 valence electrons. The van der Waals surface area contributed by atoms with Crippen LogP contribution in [0.15, 0.2) is 35.3 Å². The van der Waals surface area contributed by atoms with Gasteiger partial charge in [0.2, 0.25) is 5.88 Å². The van der Waals surface area contributed by atoms with Crippen LogP contribution >= 0.6 is 12.2 Å². The molecule has 0 fully saturated rings. The maximum atomic E-state index is 12.6. The van der Waals surface area contributed by atoms with E-state index in [-0.39, 0.29) is 28.6 Å². The van der Waals surface area contributed by atoms with E-state index in [1.165, 1.54) is 4.57 Å². The summed E-state index contributed by atoms with van der Waals surface area (Å²) in [6, 6.07) is 7.34. The number of hydrogen-bond donors (Lipinski definition) is 3. The van der Waals surface area contributed by atoms with E-state index in [0.29, 0.717) is 22.5 Å². The van der Waals surface area contributed by atoms with Crippen molar-refractivity contribution in [2.45, 2.75) is 26.6 Å². The fourth-order valence-corrected chi connectivity index (χ4v) is 3.54. The number of benzene rings is 1. The van der Waals surface area contributed by atoms with Gasteiger partial charge in [0.15, 0.2) is 4.77 Å². The van der Waals surface area contributed by atoms with Crippen molar-refractivity contribution in [2.75, 3.05) is 0 Å². The van der Waals surface area contributed by atoms with Crippen LogP contribution < -0.4 is 5.56 Å². The van der Waals surface area contributed by atoms with Crippen molar-refractivity contribution in [2.24, 2.45) is 0 Å². The number of H-pyrrole nitrogens is 1. The minimum atomic E-state index is -0.919. The molecule has 0 saturated heterocycles. The van der Waals surface area contributed by atoms with Crippen molar-refractivity contribution in [3.8, 4) is 17.3 Å². The molecule has 0 aliphatic carbocycles. The Balaban J connectivity index is 1.96. The van der Waals surface area contributed by atoms with E-state index < -0.39 is 11.7 Å². The molecule has 27 heavy (non-hydrogen) atoms. The van der Waals surface area contributed by atoms with E-state index in [4.69, 9.17) is 17.0 Å². The summed E-state index contributed by atoms with van der Waals surface area (Å²) in [7, 11) is 0. The van der Waals surface area contributed by atoms with E-state index in [2.05, 4.69) is 9.97 Å². The summed E-state index contributed by atoms with van der Waals surface area (Å²) in [4.78, 5) is 19.3. The van der Waals surface area contributed by atoms with Gasteiger partial charge in [-0.3, -0.25) is 19.3 Å². The summed E-state index contributed by atoms with van der Waals surface area (Å²) in [5, 5.41) is 21.4. The highest BCUT2D eigenvalue weighted by Gasteiger charge is 2.34. The van der Waals surface area contributed by atoms with Crippen LogP contribution in [0.3, 0.4) is 0 Å². The molecule has 1 aliphatic heterocycles. The molecule has 3 aromatic rings. The lowest BCUT2D eigenvalue weighted by molar-refractivity contribution is 0.0892. The van der Waals surface area contributed by atoms with Gasteiger partial charge in [0.05, 0.1) is 18.0 Å². The molecule has 1 aromatic carbocycles. The maximum Gasteiger partial charge on any atom is 0.261 e. The van der Waals surface area contributed by atoms with Crippen molar-refractivity contribution in [1.29, 1.82) is 0 Å². The Hall–Kier alpha value is -2.97. The van der Waals surface area contributed by atoms with Gasteiger partial charge in [0.1, 0.15) is 17.4 Å². The number of rotatable bonds is 2. The lowest BCUT2D eigenvalue weighted by Gasteiger charge is -2.18. The highest BCUT2D eigenvalue weighted by atomic mass is 32.1. The zero-order valence-corrected chi connectivity index (χ0v) is 15.5. The van der Waals surface area contributed by atoms with Crippen LogP contribution in [-0.2, 0) is 11.3 Å². The minimum absolute atomic E-state index is 0.0103. The monoisotopic (exact) mass is 383 g/mol. The summed E-state index contributed by atoms with van der Waals surface area (Å²) in [5.74, 6) is -0.363. The first-order valence-electron chi connectivity index (χ1n) is 8.32. The zero-order valence-electron chi connectivity index (χ0n) is 14.7. The van der Waals surface area contributed by atoms with Crippen LogP contribution in [0.2, 0.25) is 0 Å². The van der Waals surface area contributed by atoms with Gasteiger partial charge in [0, 0.05) is 17.3 Å². The Morgan fingerprint density at radius 2 is 1.93 bits per heavy atom. The average Bonchev–Trinajstić information content (AvgIpc) is 3.04. The van der Waals surface area contributed by atoms with Crippen molar-refractivity contribution >= 4 is 12.2 Å². The van der Waals surface area contributed by atoms with Crippen LogP contribution in [0.5, 0.6) is 11.6 Å². The highest BCUT2D eigenvalue weighted by molar-refractivity contribution is 7.71. The molecule has 0 amide bonds. The molecular weight excluding hydrogens is 366 g/mol. The Morgan fingerprint density at radius 1 is 1.22 bits per heavy atom. The number of aromatic nitrogens is 3. The number of aromatic hydroxyl groups is 2. The van der Waals surface area contributed by atoms with Gasteiger partial charge in [-0.05, 0) is 38.2 Å². The Labute approximate surface area is 159 Å². The van der Waals surface area contributed by atoms with E-state index in [0.717, 1.165) is 5.56 Å². The van der Waals surface area contributed by atoms with Crippen LogP contribution in [-0.4, -0.2) is 24.7 Å². The number of nitrogens with zero attached hydrogens (tertiary/aromatic N) is 2. The quantitative estimate of drug-likeness (QED) is 0.589. The molecule has 0 unspecified atom stereocenters. The van der Waals surface area contributed by atoms with Gasteiger partial charge >= 0.3 is 0 Å². The van der Waals surface area contributed by atoms with Crippen LogP contribution in [0, 0.1) is 18.6 Å². The summed E-state index contributed by atoms with van der Waals surface area (Å²) in [6.45, 7) is 3.79. The third-order valence-corrected chi connectivity index (χ3v) is 4.99. The summed E-state index contributed by atoms with van der Waals surface area (Å²) in [5.41, 5.74) is 2.62. The Bertz CT molecular complexity index is 1170. The number of nitrogens with one attached hydrogen (secondary N) is 1. The third-order valence-electron chi connectivity index (χ3n) is 4.70. The lowest BCUT2D eigenvalue weighted by atomic mass is 10.00. The SMILES string of the molecule is Cc1ccc(-n2c(O)c([C@H]3OCc4cnc(C)c(O)c43)c(=O)[nH]c2=S)cc1. The Morgan fingerprint density at radius 3 is 2.63 bits per heavy atom. The first kappa shape index (κ1) is 17.4. The molecule has 7 nitrogen and oxygen atoms in total. The van der Waals surface area contributed by atoms with Gasteiger partial charge in [-0.1, -0.05) is 17.7 Å². The summed E-state index contributed by atoms with van der Waals surface area (Å²) < 4.78 is 7.17. The largest absolute Gasteiger partial charge is 0.506 e. The molecule has 0 saturated carbocycles. The molecule has 2 aromatic heterocycles. The van der Waals surface area contributed by atoms with Crippen LogP contribution in [0.25, 0.3) is 5.69 Å². The van der Waals surface area contributed by atoms with E-state index in [9.17, 15) is 15.0 Å². The second-order valence-electron chi connectivity index (χ2n) is 6.49. The molecule has 1 aliphatic rings. The van der Waals surface area contributed by atoms with Gasteiger partial charge < -0.3 is 14.9 Å². The molecular formula is C19H17N3O4S. The van der Waals surface area contributed by atoms with E-state index >= 15 is 0 Å². The predicted molar refractivity (Wildman–Crippen MR) is 101 cm³/mol. The number of aryl methyl sites for hydroxylation is 2. The van der Waals surface area contributed by atoms with Crippen molar-refractivity contribution in [1.82, 2.24) is 14.5 Å². The van der Waals surface area contributed by atoms with E-state index in [1.807, 2.05) is 19.1 Å². The standard InChI is InChI=1S/C19H17N3O4S/c1-9-3-5-12(6-4-9)22-18(25)14(17(24)21-19(22)27)16-13-11(8-26-16)7-20-10(2)15(13)23/h3-7,16,23,25H,8H2,1-2H3,(H,21,24,27)/t16-/m0/s1. The predicted octanol–water partition coefficient (Wildman–Crippen LogP) is 2.94. The third kappa shape index (κ3) is 2.73. The minimum Gasteiger partial charge on any atom is -0.506 e. The summed E-state index contributed by atoms with van der Waals surface area (Å²) in [6.07, 6.45) is 0.684. The number of pyridine rings is 1. The van der Waals surface area contributed by atoms with Gasteiger partial charge in [-0.25, -0.2) is 0 Å². The second kappa shape index (κ2) is 6.33. The molecule has 0 bridgehead atoms. The van der Waals surface area contributed by atoms with Crippen LogP contribution in [0.4, 0.5) is 0 Å².